The molecule has 0 aliphatic rings. The van der Waals surface area contributed by atoms with Crippen LogP contribution in [0.1, 0.15) is 35.8 Å². The van der Waals surface area contributed by atoms with Gasteiger partial charge in [0.1, 0.15) is 11.5 Å². The lowest BCUT2D eigenvalue weighted by atomic mass is 9.98. The third-order valence-corrected chi connectivity index (χ3v) is 4.90. The monoisotopic (exact) mass is 405 g/mol. The number of aromatic nitrogens is 1. The van der Waals surface area contributed by atoms with Crippen LogP contribution in [-0.4, -0.2) is 31.7 Å². The minimum absolute atomic E-state index is 0.0302. The van der Waals surface area contributed by atoms with Crippen molar-refractivity contribution < 1.29 is 14.3 Å². The quantitative estimate of drug-likeness (QED) is 0.569. The van der Waals surface area contributed by atoms with Crippen LogP contribution < -0.4 is 20.1 Å². The van der Waals surface area contributed by atoms with E-state index in [1.165, 1.54) is 0 Å². The number of hydrogen-bond donors (Lipinski definition) is 2. The van der Waals surface area contributed by atoms with Gasteiger partial charge in [-0.1, -0.05) is 30.3 Å². The molecule has 6 heteroatoms. The molecule has 2 aromatic carbocycles. The zero-order chi connectivity index (χ0) is 21.3. The number of amides is 1. The van der Waals surface area contributed by atoms with Crippen molar-refractivity contribution in [3.8, 4) is 11.5 Å². The van der Waals surface area contributed by atoms with E-state index in [4.69, 9.17) is 9.47 Å². The molecule has 1 unspecified atom stereocenters. The van der Waals surface area contributed by atoms with Crippen molar-refractivity contribution >= 4 is 5.91 Å². The summed E-state index contributed by atoms with van der Waals surface area (Å²) >= 11 is 0. The third kappa shape index (κ3) is 5.58. The minimum atomic E-state index is -0.290. The lowest BCUT2D eigenvalue weighted by Crippen LogP contribution is -2.37. The number of methoxy groups -OCH3 is 2. The second-order valence-corrected chi connectivity index (χ2v) is 6.90. The van der Waals surface area contributed by atoms with Gasteiger partial charge < -0.3 is 20.1 Å². The Morgan fingerprint density at radius 3 is 1.93 bits per heavy atom. The van der Waals surface area contributed by atoms with Gasteiger partial charge in [-0.3, -0.25) is 9.78 Å². The van der Waals surface area contributed by atoms with Crippen molar-refractivity contribution in [3.05, 3.63) is 89.7 Å². The molecule has 0 spiro atoms. The van der Waals surface area contributed by atoms with E-state index in [0.29, 0.717) is 0 Å². The second kappa shape index (κ2) is 10.4. The number of nitrogens with one attached hydrogen (secondary N) is 2. The van der Waals surface area contributed by atoms with E-state index in [9.17, 15) is 4.79 Å². The topological polar surface area (TPSA) is 72.5 Å². The highest BCUT2D eigenvalue weighted by molar-refractivity contribution is 5.79. The highest BCUT2D eigenvalue weighted by Gasteiger charge is 2.18. The van der Waals surface area contributed by atoms with E-state index < -0.39 is 0 Å². The molecule has 6 nitrogen and oxygen atoms in total. The summed E-state index contributed by atoms with van der Waals surface area (Å²) in [4.78, 5) is 17.1. The number of nitrogens with zero attached hydrogens (tertiary/aromatic N) is 1. The Kier molecular flexibility index (Phi) is 7.40. The van der Waals surface area contributed by atoms with Crippen LogP contribution in [-0.2, 0) is 4.79 Å². The van der Waals surface area contributed by atoms with E-state index >= 15 is 0 Å². The Morgan fingerprint density at radius 2 is 1.47 bits per heavy atom. The van der Waals surface area contributed by atoms with Gasteiger partial charge in [-0.15, -0.1) is 0 Å². The number of carbonyl (C=O) groups excluding carboxylic acids is 1. The normalized spacial score (nSPS) is 11.7. The highest BCUT2D eigenvalue weighted by Crippen LogP contribution is 2.26. The van der Waals surface area contributed by atoms with Crippen LogP contribution in [0.2, 0.25) is 0 Å². The van der Waals surface area contributed by atoms with E-state index in [0.717, 1.165) is 28.3 Å². The first-order valence-electron chi connectivity index (χ1n) is 9.82. The van der Waals surface area contributed by atoms with Gasteiger partial charge in [-0.2, -0.15) is 0 Å². The van der Waals surface area contributed by atoms with Gasteiger partial charge in [-0.05, 0) is 54.4 Å². The third-order valence-electron chi connectivity index (χ3n) is 4.90. The van der Waals surface area contributed by atoms with Crippen LogP contribution >= 0.6 is 0 Å². The summed E-state index contributed by atoms with van der Waals surface area (Å²) in [5, 5.41) is 6.36. The van der Waals surface area contributed by atoms with Gasteiger partial charge in [0.25, 0.3) is 0 Å². The molecule has 0 aliphatic heterocycles. The zero-order valence-corrected chi connectivity index (χ0v) is 17.5. The summed E-state index contributed by atoms with van der Waals surface area (Å²) in [6.45, 7) is 2.17. The molecule has 0 radical (unpaired) electrons. The maximum absolute atomic E-state index is 12.7. The van der Waals surface area contributed by atoms with Gasteiger partial charge in [0.2, 0.25) is 5.91 Å². The molecule has 30 heavy (non-hydrogen) atoms. The molecule has 156 valence electrons. The van der Waals surface area contributed by atoms with E-state index in [2.05, 4.69) is 15.6 Å². The summed E-state index contributed by atoms with van der Waals surface area (Å²) in [7, 11) is 3.26. The molecule has 0 saturated heterocycles. The molecule has 0 fully saturated rings. The molecule has 1 amide bonds. The highest BCUT2D eigenvalue weighted by atomic mass is 16.5. The van der Waals surface area contributed by atoms with Crippen LogP contribution in [0.3, 0.4) is 0 Å². The molecule has 2 N–H and O–H groups in total. The lowest BCUT2D eigenvalue weighted by Gasteiger charge is -2.21. The van der Waals surface area contributed by atoms with Gasteiger partial charge in [0.05, 0.1) is 32.5 Å². The van der Waals surface area contributed by atoms with Crippen LogP contribution in [0.4, 0.5) is 0 Å². The molecular weight excluding hydrogens is 378 g/mol. The van der Waals surface area contributed by atoms with E-state index in [-0.39, 0.29) is 24.5 Å². The summed E-state index contributed by atoms with van der Waals surface area (Å²) < 4.78 is 10.5. The minimum Gasteiger partial charge on any atom is -0.497 e. The van der Waals surface area contributed by atoms with Gasteiger partial charge in [0.15, 0.2) is 0 Å². The van der Waals surface area contributed by atoms with Crippen molar-refractivity contribution in [2.24, 2.45) is 0 Å². The van der Waals surface area contributed by atoms with Crippen LogP contribution in [0.5, 0.6) is 11.5 Å². The number of hydrogen-bond acceptors (Lipinski definition) is 5. The van der Waals surface area contributed by atoms with Gasteiger partial charge >= 0.3 is 0 Å². The number of ether oxygens (including phenoxy) is 2. The predicted octanol–water partition coefficient (Wildman–Crippen LogP) is 3.66. The van der Waals surface area contributed by atoms with Crippen LogP contribution in [0.25, 0.3) is 0 Å². The van der Waals surface area contributed by atoms with Gasteiger partial charge in [0, 0.05) is 12.2 Å². The molecule has 1 atom stereocenters. The fourth-order valence-corrected chi connectivity index (χ4v) is 3.15. The second-order valence-electron chi connectivity index (χ2n) is 6.90. The van der Waals surface area contributed by atoms with Crippen molar-refractivity contribution in [2.75, 3.05) is 20.8 Å². The van der Waals surface area contributed by atoms with Crippen molar-refractivity contribution in [1.29, 1.82) is 0 Å². The summed E-state index contributed by atoms with van der Waals surface area (Å²) in [5.74, 6) is 1.43. The average molecular weight is 405 g/mol. The lowest BCUT2D eigenvalue weighted by molar-refractivity contribution is -0.120. The first-order chi connectivity index (χ1) is 14.6. The molecular formula is C24H27N3O3. The summed E-state index contributed by atoms with van der Waals surface area (Å²) in [5.41, 5.74) is 2.83. The van der Waals surface area contributed by atoms with E-state index in [1.54, 1.807) is 20.4 Å². The molecule has 0 saturated carbocycles. The molecule has 0 bridgehead atoms. The van der Waals surface area contributed by atoms with Gasteiger partial charge in [-0.25, -0.2) is 0 Å². The maximum atomic E-state index is 12.7. The molecule has 3 aromatic rings. The predicted molar refractivity (Wildman–Crippen MR) is 117 cm³/mol. The Hall–Kier alpha value is -3.38. The summed E-state index contributed by atoms with van der Waals surface area (Å²) in [6.07, 6.45) is 1.75. The fourth-order valence-electron chi connectivity index (χ4n) is 3.15. The van der Waals surface area contributed by atoms with Crippen LogP contribution in [0.15, 0.2) is 72.9 Å². The first-order valence-corrected chi connectivity index (χ1v) is 9.82. The standard InChI is InChI=1S/C24H27N3O3/c1-17(22-6-4-5-15-25-22)26-16-23(28)27-24(18-7-11-20(29-2)12-8-18)19-9-13-21(30-3)14-10-19/h4-15,17,24,26H,16H2,1-3H3,(H,27,28). The number of carbonyl (C=O) groups is 1. The Morgan fingerprint density at radius 1 is 0.900 bits per heavy atom. The maximum Gasteiger partial charge on any atom is 0.234 e. The Balaban J connectivity index is 1.73. The fraction of sp³-hybridized carbons (Fsp3) is 0.250. The van der Waals surface area contributed by atoms with Crippen molar-refractivity contribution in [3.63, 3.8) is 0 Å². The number of benzene rings is 2. The Bertz CT molecular complexity index is 881. The van der Waals surface area contributed by atoms with E-state index in [1.807, 2.05) is 73.7 Å². The summed E-state index contributed by atoms with van der Waals surface area (Å²) in [6, 6.07) is 20.8. The average Bonchev–Trinajstić information content (AvgIpc) is 2.81. The number of pyridine rings is 1. The van der Waals surface area contributed by atoms with Crippen LogP contribution in [0, 0.1) is 0 Å². The largest absolute Gasteiger partial charge is 0.497 e. The SMILES string of the molecule is COc1ccc(C(NC(=O)CNC(C)c2ccccn2)c2ccc(OC)cc2)cc1. The molecule has 1 heterocycles. The van der Waals surface area contributed by atoms with Crippen molar-refractivity contribution in [1.82, 2.24) is 15.6 Å². The molecule has 0 aliphatic carbocycles. The Labute approximate surface area is 177 Å². The van der Waals surface area contributed by atoms with Crippen molar-refractivity contribution in [2.45, 2.75) is 19.0 Å². The number of rotatable bonds is 9. The molecule has 1 aromatic heterocycles. The zero-order valence-electron chi connectivity index (χ0n) is 17.5. The first kappa shape index (κ1) is 21.3. The smallest absolute Gasteiger partial charge is 0.234 e. The molecule has 3 rings (SSSR count).